The quantitative estimate of drug-likeness (QED) is 0.701. The summed E-state index contributed by atoms with van der Waals surface area (Å²) in [5.41, 5.74) is 6.65. The predicted octanol–water partition coefficient (Wildman–Crippen LogP) is 1.57. The van der Waals surface area contributed by atoms with Gasteiger partial charge in [-0.2, -0.15) is 0 Å². The summed E-state index contributed by atoms with van der Waals surface area (Å²) >= 11 is 0. The van der Waals surface area contributed by atoms with Crippen LogP contribution in [0, 0.1) is 0 Å². The highest BCUT2D eigenvalue weighted by Gasteiger charge is 2.55. The van der Waals surface area contributed by atoms with Crippen LogP contribution in [0.4, 0.5) is 0 Å². The third kappa shape index (κ3) is 1.38. The van der Waals surface area contributed by atoms with Crippen molar-refractivity contribution in [3.05, 3.63) is 29.8 Å². The molecule has 1 heterocycles. The van der Waals surface area contributed by atoms with Crippen LogP contribution in [0.5, 0.6) is 5.75 Å². The number of nitrogens with two attached hydrogens (primary N) is 1. The second-order valence-corrected chi connectivity index (χ2v) is 4.06. The van der Waals surface area contributed by atoms with Crippen LogP contribution in [0.15, 0.2) is 24.3 Å². The Balaban J connectivity index is 2.17. The lowest BCUT2D eigenvalue weighted by atomic mass is 9.95. The minimum atomic E-state index is -0.239. The number of phenolic OH excluding ortho intramolecular Hbond substituents is 1. The monoisotopic (exact) mass is 193 g/mol. The van der Waals surface area contributed by atoms with Gasteiger partial charge in [-0.15, -0.1) is 0 Å². The molecule has 0 saturated carbocycles. The summed E-state index contributed by atoms with van der Waals surface area (Å²) in [6.45, 7) is 3.95. The molecule has 0 radical (unpaired) electrons. The van der Waals surface area contributed by atoms with Crippen molar-refractivity contribution in [2.75, 3.05) is 0 Å². The van der Waals surface area contributed by atoms with Gasteiger partial charge >= 0.3 is 0 Å². The molecular formula is C11H15NO2. The van der Waals surface area contributed by atoms with E-state index in [2.05, 4.69) is 0 Å². The second kappa shape index (κ2) is 2.97. The molecule has 3 nitrogen and oxygen atoms in total. The Kier molecular flexibility index (Phi) is 2.01. The first-order chi connectivity index (χ1) is 6.54. The Hall–Kier alpha value is -1.06. The molecule has 1 aromatic rings. The zero-order valence-corrected chi connectivity index (χ0v) is 8.40. The van der Waals surface area contributed by atoms with Crippen LogP contribution in [0.2, 0.25) is 0 Å². The highest BCUT2D eigenvalue weighted by molar-refractivity contribution is 5.32. The van der Waals surface area contributed by atoms with Gasteiger partial charge in [0.1, 0.15) is 17.5 Å². The van der Waals surface area contributed by atoms with E-state index in [1.54, 1.807) is 12.1 Å². The Morgan fingerprint density at radius 1 is 1.43 bits per heavy atom. The average Bonchev–Trinajstić information content (AvgIpc) is 2.81. The highest BCUT2D eigenvalue weighted by atomic mass is 16.6. The summed E-state index contributed by atoms with van der Waals surface area (Å²) in [6.07, 6.45) is 0.0723. The molecule has 3 unspecified atom stereocenters. The first-order valence-corrected chi connectivity index (χ1v) is 4.76. The van der Waals surface area contributed by atoms with Gasteiger partial charge in [0.15, 0.2) is 0 Å². The molecule has 76 valence electrons. The lowest BCUT2D eigenvalue weighted by Crippen LogP contribution is -2.32. The summed E-state index contributed by atoms with van der Waals surface area (Å²) < 4.78 is 5.59. The first-order valence-electron chi connectivity index (χ1n) is 4.76. The molecule has 2 rings (SSSR count). The number of benzene rings is 1. The van der Waals surface area contributed by atoms with Crippen LogP contribution in [0.3, 0.4) is 0 Å². The second-order valence-electron chi connectivity index (χ2n) is 4.06. The molecule has 1 saturated heterocycles. The van der Waals surface area contributed by atoms with Gasteiger partial charge in [0.2, 0.25) is 0 Å². The maximum absolute atomic E-state index is 9.13. The third-order valence-electron chi connectivity index (χ3n) is 2.94. The molecule has 0 amide bonds. The molecule has 3 atom stereocenters. The Morgan fingerprint density at radius 3 is 2.43 bits per heavy atom. The SMILES string of the molecule is CC(N)C1(C)OC1c1ccc(O)cc1. The van der Waals surface area contributed by atoms with Crippen molar-refractivity contribution in [3.8, 4) is 5.75 Å². The summed E-state index contributed by atoms with van der Waals surface area (Å²) in [4.78, 5) is 0. The van der Waals surface area contributed by atoms with E-state index in [1.165, 1.54) is 0 Å². The van der Waals surface area contributed by atoms with Gasteiger partial charge in [-0.25, -0.2) is 0 Å². The molecule has 14 heavy (non-hydrogen) atoms. The van der Waals surface area contributed by atoms with E-state index in [0.717, 1.165) is 5.56 Å². The largest absolute Gasteiger partial charge is 0.508 e. The van der Waals surface area contributed by atoms with Crippen molar-refractivity contribution in [2.45, 2.75) is 31.6 Å². The standard InChI is InChI=1S/C11H15NO2/c1-7(12)11(2)10(14-11)8-3-5-9(13)6-4-8/h3-7,10,13H,12H2,1-2H3. The molecule has 1 aliphatic heterocycles. The van der Waals surface area contributed by atoms with Crippen LogP contribution in [-0.2, 0) is 4.74 Å². The van der Waals surface area contributed by atoms with Gasteiger partial charge in [-0.3, -0.25) is 0 Å². The maximum Gasteiger partial charge on any atom is 0.115 e. The fraction of sp³-hybridized carbons (Fsp3) is 0.455. The minimum Gasteiger partial charge on any atom is -0.508 e. The molecule has 1 fully saturated rings. The van der Waals surface area contributed by atoms with Crippen LogP contribution >= 0.6 is 0 Å². The fourth-order valence-corrected chi connectivity index (χ4v) is 1.61. The molecule has 0 aliphatic carbocycles. The van der Waals surface area contributed by atoms with Gasteiger partial charge < -0.3 is 15.6 Å². The summed E-state index contributed by atoms with van der Waals surface area (Å²) in [5.74, 6) is 0.275. The molecule has 0 aromatic heterocycles. The molecule has 3 N–H and O–H groups in total. The Labute approximate surface area is 83.5 Å². The highest BCUT2D eigenvalue weighted by Crippen LogP contribution is 2.50. The van der Waals surface area contributed by atoms with Crippen molar-refractivity contribution in [3.63, 3.8) is 0 Å². The van der Waals surface area contributed by atoms with Gasteiger partial charge in [0.25, 0.3) is 0 Å². The zero-order chi connectivity index (χ0) is 10.3. The number of hydrogen-bond acceptors (Lipinski definition) is 3. The number of rotatable bonds is 2. The van der Waals surface area contributed by atoms with Crippen LogP contribution in [0.1, 0.15) is 25.5 Å². The molecule has 0 spiro atoms. The average molecular weight is 193 g/mol. The molecule has 3 heteroatoms. The van der Waals surface area contributed by atoms with E-state index in [1.807, 2.05) is 26.0 Å². The number of ether oxygens (including phenoxy) is 1. The lowest BCUT2D eigenvalue weighted by molar-refractivity contribution is 0.282. The van der Waals surface area contributed by atoms with Crippen molar-refractivity contribution in [2.24, 2.45) is 5.73 Å². The number of aromatic hydroxyl groups is 1. The zero-order valence-electron chi connectivity index (χ0n) is 8.40. The predicted molar refractivity (Wildman–Crippen MR) is 54.0 cm³/mol. The minimum absolute atomic E-state index is 0.0151. The Morgan fingerprint density at radius 2 is 2.00 bits per heavy atom. The van der Waals surface area contributed by atoms with Crippen molar-refractivity contribution in [1.29, 1.82) is 0 Å². The fourth-order valence-electron chi connectivity index (χ4n) is 1.61. The topological polar surface area (TPSA) is 58.8 Å². The van der Waals surface area contributed by atoms with E-state index in [4.69, 9.17) is 15.6 Å². The van der Waals surface area contributed by atoms with Crippen LogP contribution < -0.4 is 5.73 Å². The summed E-state index contributed by atoms with van der Waals surface area (Å²) in [7, 11) is 0. The van der Waals surface area contributed by atoms with Gasteiger partial charge in [0.05, 0.1) is 0 Å². The number of epoxide rings is 1. The van der Waals surface area contributed by atoms with E-state index in [9.17, 15) is 0 Å². The van der Waals surface area contributed by atoms with E-state index >= 15 is 0 Å². The normalized spacial score (nSPS) is 32.6. The van der Waals surface area contributed by atoms with Gasteiger partial charge in [-0.05, 0) is 31.5 Å². The van der Waals surface area contributed by atoms with E-state index < -0.39 is 0 Å². The lowest BCUT2D eigenvalue weighted by Gasteiger charge is -2.10. The number of hydrogen-bond donors (Lipinski definition) is 2. The Bertz CT molecular complexity index is 334. The smallest absolute Gasteiger partial charge is 0.115 e. The van der Waals surface area contributed by atoms with Crippen molar-refractivity contribution >= 4 is 0 Å². The molecule has 1 aromatic carbocycles. The first kappa shape index (κ1) is 9.49. The van der Waals surface area contributed by atoms with Crippen LogP contribution in [0.25, 0.3) is 0 Å². The molecule has 1 aliphatic rings. The van der Waals surface area contributed by atoms with Gasteiger partial charge in [0, 0.05) is 6.04 Å². The molecule has 0 bridgehead atoms. The molecular weight excluding hydrogens is 178 g/mol. The summed E-state index contributed by atoms with van der Waals surface area (Å²) in [5, 5.41) is 9.13. The van der Waals surface area contributed by atoms with Crippen molar-refractivity contribution in [1.82, 2.24) is 0 Å². The van der Waals surface area contributed by atoms with Crippen LogP contribution in [-0.4, -0.2) is 16.7 Å². The maximum atomic E-state index is 9.13. The summed E-state index contributed by atoms with van der Waals surface area (Å²) in [6, 6.07) is 7.08. The van der Waals surface area contributed by atoms with E-state index in [0.29, 0.717) is 0 Å². The third-order valence-corrected chi connectivity index (χ3v) is 2.94. The van der Waals surface area contributed by atoms with E-state index in [-0.39, 0.29) is 23.5 Å². The number of phenols is 1. The van der Waals surface area contributed by atoms with Gasteiger partial charge in [-0.1, -0.05) is 12.1 Å². The van der Waals surface area contributed by atoms with Crippen molar-refractivity contribution < 1.29 is 9.84 Å².